The summed E-state index contributed by atoms with van der Waals surface area (Å²) < 4.78 is 5.20. The molecule has 1 aliphatic carbocycles. The number of pyridine rings is 1. The van der Waals surface area contributed by atoms with Gasteiger partial charge in [-0.3, -0.25) is 4.98 Å². The van der Waals surface area contributed by atoms with Gasteiger partial charge in [0.25, 0.3) is 0 Å². The standard InChI is InChI=1S/C10H10N2O/c11-10(2-3-10)9-5-7-1-4-13-8(7)6-12-9/h1,4-6H,2-3,11H2. The summed E-state index contributed by atoms with van der Waals surface area (Å²) >= 11 is 0. The topological polar surface area (TPSA) is 52.0 Å². The Balaban J connectivity index is 2.20. The van der Waals surface area contributed by atoms with Crippen molar-refractivity contribution in [2.75, 3.05) is 0 Å². The van der Waals surface area contributed by atoms with Crippen molar-refractivity contribution in [3.8, 4) is 0 Å². The molecule has 0 unspecified atom stereocenters. The highest BCUT2D eigenvalue weighted by atomic mass is 16.3. The SMILES string of the molecule is NC1(c2cc3ccoc3cn2)CC1. The third kappa shape index (κ3) is 0.971. The molecule has 1 saturated carbocycles. The normalized spacial score (nSPS) is 19.2. The van der Waals surface area contributed by atoms with Gasteiger partial charge < -0.3 is 10.2 Å². The van der Waals surface area contributed by atoms with E-state index >= 15 is 0 Å². The summed E-state index contributed by atoms with van der Waals surface area (Å²) in [5.41, 5.74) is 7.70. The van der Waals surface area contributed by atoms with Crippen molar-refractivity contribution in [3.05, 3.63) is 30.3 Å². The molecule has 3 rings (SSSR count). The van der Waals surface area contributed by atoms with E-state index in [2.05, 4.69) is 4.98 Å². The summed E-state index contributed by atoms with van der Waals surface area (Å²) in [5, 5.41) is 1.08. The van der Waals surface area contributed by atoms with Crippen LogP contribution in [0, 0.1) is 0 Å². The monoisotopic (exact) mass is 174 g/mol. The maximum atomic E-state index is 6.03. The average Bonchev–Trinajstić information content (AvgIpc) is 2.74. The van der Waals surface area contributed by atoms with Gasteiger partial charge in [-0.1, -0.05) is 0 Å². The van der Waals surface area contributed by atoms with Crippen LogP contribution in [-0.2, 0) is 5.54 Å². The van der Waals surface area contributed by atoms with Crippen LogP contribution < -0.4 is 5.73 Å². The number of fused-ring (bicyclic) bond motifs is 1. The van der Waals surface area contributed by atoms with E-state index in [1.807, 2.05) is 12.1 Å². The Hall–Kier alpha value is -1.35. The van der Waals surface area contributed by atoms with E-state index < -0.39 is 0 Å². The first-order chi connectivity index (χ1) is 6.28. The molecule has 0 amide bonds. The Bertz CT molecular complexity index is 457. The second-order valence-electron chi connectivity index (χ2n) is 3.68. The molecule has 0 aromatic carbocycles. The Kier molecular flexibility index (Phi) is 1.15. The smallest absolute Gasteiger partial charge is 0.152 e. The molecule has 0 bridgehead atoms. The fourth-order valence-electron chi connectivity index (χ4n) is 1.53. The summed E-state index contributed by atoms with van der Waals surface area (Å²) in [4.78, 5) is 4.29. The van der Waals surface area contributed by atoms with Gasteiger partial charge in [0.05, 0.1) is 23.7 Å². The lowest BCUT2D eigenvalue weighted by molar-refractivity contribution is 0.612. The van der Waals surface area contributed by atoms with E-state index in [0.29, 0.717) is 0 Å². The van der Waals surface area contributed by atoms with Crippen molar-refractivity contribution >= 4 is 11.0 Å². The van der Waals surface area contributed by atoms with Gasteiger partial charge in [0.1, 0.15) is 0 Å². The molecule has 2 N–H and O–H groups in total. The number of rotatable bonds is 1. The quantitative estimate of drug-likeness (QED) is 0.716. The molecule has 2 heterocycles. The summed E-state index contributed by atoms with van der Waals surface area (Å²) in [6.45, 7) is 0. The van der Waals surface area contributed by atoms with E-state index in [-0.39, 0.29) is 5.54 Å². The maximum absolute atomic E-state index is 6.03. The number of hydrogen-bond acceptors (Lipinski definition) is 3. The van der Waals surface area contributed by atoms with Gasteiger partial charge in [0.15, 0.2) is 5.58 Å². The highest BCUT2D eigenvalue weighted by Gasteiger charge is 2.41. The molecule has 1 fully saturated rings. The van der Waals surface area contributed by atoms with Crippen molar-refractivity contribution in [1.82, 2.24) is 4.98 Å². The number of nitrogens with zero attached hydrogens (tertiary/aromatic N) is 1. The van der Waals surface area contributed by atoms with Crippen molar-refractivity contribution in [2.24, 2.45) is 5.73 Å². The number of nitrogens with two attached hydrogens (primary N) is 1. The van der Waals surface area contributed by atoms with Gasteiger partial charge in [0.2, 0.25) is 0 Å². The molecule has 2 aromatic rings. The van der Waals surface area contributed by atoms with Gasteiger partial charge in [0, 0.05) is 5.39 Å². The first-order valence-electron chi connectivity index (χ1n) is 4.41. The minimum Gasteiger partial charge on any atom is -0.463 e. The predicted molar refractivity (Wildman–Crippen MR) is 49.1 cm³/mol. The summed E-state index contributed by atoms with van der Waals surface area (Å²) in [6, 6.07) is 3.96. The van der Waals surface area contributed by atoms with E-state index in [1.54, 1.807) is 12.5 Å². The third-order valence-corrected chi connectivity index (χ3v) is 2.64. The Labute approximate surface area is 75.6 Å². The van der Waals surface area contributed by atoms with Crippen LogP contribution in [0.3, 0.4) is 0 Å². The van der Waals surface area contributed by atoms with Crippen molar-refractivity contribution in [1.29, 1.82) is 0 Å². The molecule has 2 aromatic heterocycles. The second-order valence-corrected chi connectivity index (χ2v) is 3.68. The zero-order valence-corrected chi connectivity index (χ0v) is 7.16. The molecule has 1 aliphatic rings. The van der Waals surface area contributed by atoms with E-state index in [4.69, 9.17) is 10.2 Å². The summed E-state index contributed by atoms with van der Waals surface area (Å²) in [5.74, 6) is 0. The van der Waals surface area contributed by atoms with Crippen LogP contribution in [0.1, 0.15) is 18.5 Å². The molecule has 66 valence electrons. The highest BCUT2D eigenvalue weighted by molar-refractivity contribution is 5.76. The van der Waals surface area contributed by atoms with Gasteiger partial charge in [-0.25, -0.2) is 0 Å². The predicted octanol–water partition coefficient (Wildman–Crippen LogP) is 1.78. The van der Waals surface area contributed by atoms with Crippen LogP contribution >= 0.6 is 0 Å². The lowest BCUT2D eigenvalue weighted by atomic mass is 10.1. The van der Waals surface area contributed by atoms with Gasteiger partial charge >= 0.3 is 0 Å². The molecule has 3 nitrogen and oxygen atoms in total. The molecule has 3 heteroatoms. The van der Waals surface area contributed by atoms with Crippen LogP contribution in [0.25, 0.3) is 11.0 Å². The van der Waals surface area contributed by atoms with Crippen molar-refractivity contribution in [2.45, 2.75) is 18.4 Å². The minimum atomic E-state index is -0.147. The molecule has 0 spiro atoms. The van der Waals surface area contributed by atoms with Crippen LogP contribution in [0.4, 0.5) is 0 Å². The van der Waals surface area contributed by atoms with Gasteiger partial charge in [-0.15, -0.1) is 0 Å². The highest BCUT2D eigenvalue weighted by Crippen LogP contribution is 2.42. The van der Waals surface area contributed by atoms with Crippen LogP contribution in [-0.4, -0.2) is 4.98 Å². The van der Waals surface area contributed by atoms with E-state index in [0.717, 1.165) is 29.5 Å². The van der Waals surface area contributed by atoms with Crippen molar-refractivity contribution < 1.29 is 4.42 Å². The van der Waals surface area contributed by atoms with Crippen LogP contribution in [0.2, 0.25) is 0 Å². The van der Waals surface area contributed by atoms with Crippen LogP contribution in [0.15, 0.2) is 29.0 Å². The zero-order valence-electron chi connectivity index (χ0n) is 7.16. The van der Waals surface area contributed by atoms with E-state index in [1.165, 1.54) is 0 Å². The number of hydrogen-bond donors (Lipinski definition) is 1. The van der Waals surface area contributed by atoms with Crippen molar-refractivity contribution in [3.63, 3.8) is 0 Å². The lowest BCUT2D eigenvalue weighted by Gasteiger charge is -2.06. The summed E-state index contributed by atoms with van der Waals surface area (Å²) in [7, 11) is 0. The number of furan rings is 1. The molecule has 0 atom stereocenters. The molecule has 0 saturated heterocycles. The van der Waals surface area contributed by atoms with Crippen LogP contribution in [0.5, 0.6) is 0 Å². The fraction of sp³-hybridized carbons (Fsp3) is 0.300. The molecule has 0 radical (unpaired) electrons. The Morgan fingerprint density at radius 2 is 2.31 bits per heavy atom. The molecular formula is C10H10N2O. The third-order valence-electron chi connectivity index (χ3n) is 2.64. The molecule has 0 aliphatic heterocycles. The van der Waals surface area contributed by atoms with E-state index in [9.17, 15) is 0 Å². The maximum Gasteiger partial charge on any atom is 0.152 e. The second kappa shape index (κ2) is 2.12. The number of aromatic nitrogens is 1. The first kappa shape index (κ1) is 7.09. The molecular weight excluding hydrogens is 164 g/mol. The Morgan fingerprint density at radius 3 is 3.08 bits per heavy atom. The van der Waals surface area contributed by atoms with Gasteiger partial charge in [-0.2, -0.15) is 0 Å². The minimum absolute atomic E-state index is 0.147. The fourth-order valence-corrected chi connectivity index (χ4v) is 1.53. The average molecular weight is 174 g/mol. The summed E-state index contributed by atoms with van der Waals surface area (Å²) in [6.07, 6.45) is 5.51. The molecule has 13 heavy (non-hydrogen) atoms. The van der Waals surface area contributed by atoms with Gasteiger partial charge in [-0.05, 0) is 25.0 Å². The largest absolute Gasteiger partial charge is 0.463 e. The zero-order chi connectivity index (χ0) is 8.89. The first-order valence-corrected chi connectivity index (χ1v) is 4.41. The Morgan fingerprint density at radius 1 is 1.46 bits per heavy atom. The lowest BCUT2D eigenvalue weighted by Crippen LogP contribution is -2.19.